The van der Waals surface area contributed by atoms with E-state index in [9.17, 15) is 13.5 Å². The van der Waals surface area contributed by atoms with Gasteiger partial charge in [0.25, 0.3) is 10.0 Å². The second kappa shape index (κ2) is 6.83. The fourth-order valence-corrected chi connectivity index (χ4v) is 5.08. The van der Waals surface area contributed by atoms with Crippen molar-refractivity contribution in [2.75, 3.05) is 22.7 Å². The third-order valence-corrected chi connectivity index (χ3v) is 6.39. The molecule has 0 aromatic heterocycles. The Labute approximate surface area is 155 Å². The van der Waals surface area contributed by atoms with Crippen molar-refractivity contribution in [3.05, 3.63) is 46.5 Å². The first-order chi connectivity index (χ1) is 12.2. The molecule has 0 bridgehead atoms. The number of hydrogen-bond donors (Lipinski definition) is 2. The monoisotopic (exact) mass is 374 g/mol. The van der Waals surface area contributed by atoms with Crippen LogP contribution in [0, 0.1) is 27.7 Å². The van der Waals surface area contributed by atoms with E-state index in [2.05, 4.69) is 16.5 Å². The zero-order chi connectivity index (χ0) is 19.1. The Morgan fingerprint density at radius 3 is 2.27 bits per heavy atom. The van der Waals surface area contributed by atoms with E-state index in [1.165, 1.54) is 12.1 Å². The smallest absolute Gasteiger partial charge is 0.265 e. The molecule has 1 aliphatic rings. The van der Waals surface area contributed by atoms with Crippen LogP contribution in [-0.2, 0) is 10.0 Å². The lowest BCUT2D eigenvalue weighted by Gasteiger charge is -2.26. The molecule has 0 atom stereocenters. The number of benzene rings is 2. The molecule has 26 heavy (non-hydrogen) atoms. The Balaban J connectivity index is 2.05. The van der Waals surface area contributed by atoms with Crippen LogP contribution >= 0.6 is 0 Å². The van der Waals surface area contributed by atoms with Crippen LogP contribution in [0.15, 0.2) is 29.2 Å². The lowest BCUT2D eigenvalue weighted by atomic mass is 10.0. The average molecular weight is 375 g/mol. The van der Waals surface area contributed by atoms with Gasteiger partial charge in [0.2, 0.25) is 0 Å². The first-order valence-corrected chi connectivity index (χ1v) is 10.4. The van der Waals surface area contributed by atoms with Crippen LogP contribution in [0.5, 0.6) is 5.75 Å². The van der Waals surface area contributed by atoms with Crippen LogP contribution in [0.3, 0.4) is 0 Å². The average Bonchev–Trinajstić information content (AvgIpc) is 3.05. The number of aromatic hydroxyl groups is 1. The fourth-order valence-electron chi connectivity index (χ4n) is 3.80. The predicted octanol–water partition coefficient (Wildman–Crippen LogP) is 4.03. The number of sulfonamides is 1. The topological polar surface area (TPSA) is 69.6 Å². The van der Waals surface area contributed by atoms with Gasteiger partial charge in [-0.15, -0.1) is 0 Å². The Morgan fingerprint density at radius 2 is 1.65 bits per heavy atom. The molecule has 5 nitrogen and oxygen atoms in total. The molecule has 1 fully saturated rings. The Kier molecular flexibility index (Phi) is 4.88. The largest absolute Gasteiger partial charge is 0.507 e. The SMILES string of the molecule is Cc1ccc(S(=O)(=O)Nc2c(C)cc(C)c(N3CCCC3)c2C)c(O)c1. The molecule has 0 saturated carbocycles. The van der Waals surface area contributed by atoms with E-state index in [1.807, 2.05) is 19.9 Å². The Bertz CT molecular complexity index is 946. The van der Waals surface area contributed by atoms with Gasteiger partial charge in [-0.2, -0.15) is 0 Å². The van der Waals surface area contributed by atoms with E-state index in [1.54, 1.807) is 13.0 Å². The van der Waals surface area contributed by atoms with Crippen molar-refractivity contribution in [3.8, 4) is 5.75 Å². The molecule has 2 aromatic rings. The second-order valence-corrected chi connectivity index (χ2v) is 8.78. The second-order valence-electron chi connectivity index (χ2n) is 7.13. The third kappa shape index (κ3) is 3.38. The summed E-state index contributed by atoms with van der Waals surface area (Å²) in [6.07, 6.45) is 2.32. The van der Waals surface area contributed by atoms with Crippen molar-refractivity contribution >= 4 is 21.4 Å². The normalized spacial score (nSPS) is 14.7. The van der Waals surface area contributed by atoms with Crippen molar-refractivity contribution in [2.45, 2.75) is 45.4 Å². The van der Waals surface area contributed by atoms with Crippen molar-refractivity contribution in [3.63, 3.8) is 0 Å². The van der Waals surface area contributed by atoms with Crippen LogP contribution in [0.1, 0.15) is 35.1 Å². The highest BCUT2D eigenvalue weighted by Gasteiger charge is 2.24. The molecular formula is C20H26N2O3S. The van der Waals surface area contributed by atoms with E-state index in [-0.39, 0.29) is 10.6 Å². The van der Waals surface area contributed by atoms with Gasteiger partial charge < -0.3 is 10.0 Å². The van der Waals surface area contributed by atoms with E-state index < -0.39 is 10.0 Å². The summed E-state index contributed by atoms with van der Waals surface area (Å²) in [6.45, 7) is 9.73. The van der Waals surface area contributed by atoms with Crippen LogP contribution in [0.25, 0.3) is 0 Å². The predicted molar refractivity (Wildman–Crippen MR) is 106 cm³/mol. The number of nitrogens with zero attached hydrogens (tertiary/aromatic N) is 1. The standard InChI is InChI=1S/C20H26N2O3S/c1-13-7-8-18(17(23)11-13)26(24,25)21-19-14(2)12-15(3)20(16(19)4)22-9-5-6-10-22/h7-8,11-12,21,23H,5-6,9-10H2,1-4H3. The van der Waals surface area contributed by atoms with Crippen LogP contribution in [0.4, 0.5) is 11.4 Å². The molecule has 3 rings (SSSR count). The zero-order valence-electron chi connectivity index (χ0n) is 15.8. The van der Waals surface area contributed by atoms with Crippen molar-refractivity contribution < 1.29 is 13.5 Å². The number of nitrogens with one attached hydrogen (secondary N) is 1. The van der Waals surface area contributed by atoms with E-state index in [0.717, 1.165) is 53.9 Å². The van der Waals surface area contributed by atoms with Crippen molar-refractivity contribution in [1.29, 1.82) is 0 Å². The Hall–Kier alpha value is -2.21. The summed E-state index contributed by atoms with van der Waals surface area (Å²) < 4.78 is 28.4. The molecule has 1 saturated heterocycles. The molecule has 2 aromatic carbocycles. The van der Waals surface area contributed by atoms with Gasteiger partial charge in [-0.05, 0) is 74.9 Å². The molecule has 1 heterocycles. The maximum Gasteiger partial charge on any atom is 0.265 e. The molecule has 6 heteroatoms. The first-order valence-electron chi connectivity index (χ1n) is 8.89. The molecule has 0 spiro atoms. The lowest BCUT2D eigenvalue weighted by molar-refractivity contribution is 0.458. The lowest BCUT2D eigenvalue weighted by Crippen LogP contribution is -2.22. The molecule has 2 N–H and O–H groups in total. The van der Waals surface area contributed by atoms with Gasteiger partial charge in [-0.3, -0.25) is 4.72 Å². The third-order valence-electron chi connectivity index (χ3n) is 4.99. The van der Waals surface area contributed by atoms with E-state index in [0.29, 0.717) is 5.69 Å². The zero-order valence-corrected chi connectivity index (χ0v) is 16.6. The van der Waals surface area contributed by atoms with Gasteiger partial charge in [0.1, 0.15) is 10.6 Å². The quantitative estimate of drug-likeness (QED) is 0.848. The number of hydrogen-bond acceptors (Lipinski definition) is 4. The minimum Gasteiger partial charge on any atom is -0.507 e. The highest BCUT2D eigenvalue weighted by atomic mass is 32.2. The molecule has 1 aliphatic heterocycles. The molecule has 140 valence electrons. The van der Waals surface area contributed by atoms with Gasteiger partial charge in [0.15, 0.2) is 0 Å². The number of rotatable bonds is 4. The fraction of sp³-hybridized carbons (Fsp3) is 0.400. The maximum atomic E-state index is 12.9. The highest BCUT2D eigenvalue weighted by molar-refractivity contribution is 7.92. The summed E-state index contributed by atoms with van der Waals surface area (Å²) in [5.41, 5.74) is 5.47. The highest BCUT2D eigenvalue weighted by Crippen LogP contribution is 2.37. The summed E-state index contributed by atoms with van der Waals surface area (Å²) >= 11 is 0. The van der Waals surface area contributed by atoms with Crippen LogP contribution in [0.2, 0.25) is 0 Å². The summed E-state index contributed by atoms with van der Waals surface area (Å²) in [5.74, 6) is -0.236. The van der Waals surface area contributed by atoms with Gasteiger partial charge in [0, 0.05) is 18.8 Å². The summed E-state index contributed by atoms with van der Waals surface area (Å²) in [7, 11) is -3.88. The number of aryl methyl sites for hydroxylation is 3. The summed E-state index contributed by atoms with van der Waals surface area (Å²) in [5, 5.41) is 10.1. The van der Waals surface area contributed by atoms with Crippen molar-refractivity contribution in [2.24, 2.45) is 0 Å². The van der Waals surface area contributed by atoms with Crippen molar-refractivity contribution in [1.82, 2.24) is 0 Å². The first kappa shape index (κ1) is 18.6. The number of anilines is 2. The minimum absolute atomic E-state index is 0.106. The van der Waals surface area contributed by atoms with E-state index in [4.69, 9.17) is 0 Å². The minimum atomic E-state index is -3.88. The molecule has 0 unspecified atom stereocenters. The van der Waals surface area contributed by atoms with Gasteiger partial charge in [0.05, 0.1) is 5.69 Å². The number of phenols is 1. The van der Waals surface area contributed by atoms with Gasteiger partial charge >= 0.3 is 0 Å². The molecule has 0 amide bonds. The summed E-state index contributed by atoms with van der Waals surface area (Å²) in [4.78, 5) is 2.22. The van der Waals surface area contributed by atoms with E-state index >= 15 is 0 Å². The number of phenolic OH excluding ortho intramolecular Hbond substituents is 1. The summed E-state index contributed by atoms with van der Waals surface area (Å²) in [6, 6.07) is 6.60. The molecule has 0 radical (unpaired) electrons. The molecular weight excluding hydrogens is 348 g/mol. The Morgan fingerprint density at radius 1 is 1.00 bits per heavy atom. The van der Waals surface area contributed by atoms with Gasteiger partial charge in [-0.1, -0.05) is 12.1 Å². The molecule has 0 aliphatic carbocycles. The maximum absolute atomic E-state index is 12.9. The van der Waals surface area contributed by atoms with Crippen LogP contribution in [-0.4, -0.2) is 26.6 Å². The van der Waals surface area contributed by atoms with Crippen LogP contribution < -0.4 is 9.62 Å². The van der Waals surface area contributed by atoms with Gasteiger partial charge in [-0.25, -0.2) is 8.42 Å².